The van der Waals surface area contributed by atoms with Crippen molar-refractivity contribution in [1.82, 2.24) is 14.9 Å². The number of aromatic amines is 1. The molecule has 3 aromatic rings. The lowest BCUT2D eigenvalue weighted by molar-refractivity contribution is 0.0952. The zero-order valence-corrected chi connectivity index (χ0v) is 20.2. The predicted molar refractivity (Wildman–Crippen MR) is 135 cm³/mol. The molecular weight excluding hydrogens is 487 g/mol. The van der Waals surface area contributed by atoms with E-state index in [4.69, 9.17) is 17.3 Å². The van der Waals surface area contributed by atoms with Gasteiger partial charge in [-0.1, -0.05) is 30.2 Å². The number of anilines is 2. The van der Waals surface area contributed by atoms with Gasteiger partial charge in [0.2, 0.25) is 0 Å². The Morgan fingerprint density at radius 3 is 2.58 bits per heavy atom. The Kier molecular flexibility index (Phi) is 7.97. The molecule has 1 saturated heterocycles. The predicted octanol–water partition coefficient (Wildman–Crippen LogP) is 3.69. The summed E-state index contributed by atoms with van der Waals surface area (Å²) < 4.78 is 15.1. The smallest absolute Gasteiger partial charge is 0.279 e. The summed E-state index contributed by atoms with van der Waals surface area (Å²) in [4.78, 5) is 47.9. The SMILES string of the molecule is NC(=O)c1[nH]cnc1C(=O)N(CCN1CCCCC1)c1ccc(NC(=O)c2ccccc2Cl)c(F)c1. The second-order valence-electron chi connectivity index (χ2n) is 8.45. The number of carbonyl (C=O) groups is 3. The van der Waals surface area contributed by atoms with Crippen molar-refractivity contribution in [2.45, 2.75) is 19.3 Å². The minimum atomic E-state index is -0.823. The van der Waals surface area contributed by atoms with Gasteiger partial charge in [-0.3, -0.25) is 14.4 Å². The first-order valence-corrected chi connectivity index (χ1v) is 12.0. The molecule has 4 rings (SSSR count). The summed E-state index contributed by atoms with van der Waals surface area (Å²) in [6.45, 7) is 2.64. The summed E-state index contributed by atoms with van der Waals surface area (Å²) in [5.74, 6) is -2.71. The Morgan fingerprint density at radius 1 is 1.14 bits per heavy atom. The second kappa shape index (κ2) is 11.3. The summed E-state index contributed by atoms with van der Waals surface area (Å²) in [6.07, 6.45) is 4.53. The van der Waals surface area contributed by atoms with Crippen molar-refractivity contribution in [3.8, 4) is 0 Å². The molecule has 0 unspecified atom stereocenters. The Labute approximate surface area is 212 Å². The van der Waals surface area contributed by atoms with E-state index in [0.29, 0.717) is 6.54 Å². The van der Waals surface area contributed by atoms with Crippen LogP contribution in [-0.2, 0) is 0 Å². The molecule has 0 radical (unpaired) electrons. The minimum Gasteiger partial charge on any atom is -0.364 e. The molecule has 1 aliphatic rings. The van der Waals surface area contributed by atoms with Gasteiger partial charge in [0.1, 0.15) is 11.5 Å². The van der Waals surface area contributed by atoms with Crippen LogP contribution in [-0.4, -0.2) is 58.8 Å². The highest BCUT2D eigenvalue weighted by atomic mass is 35.5. The summed E-state index contributed by atoms with van der Waals surface area (Å²) >= 11 is 6.07. The molecule has 188 valence electrons. The fourth-order valence-electron chi connectivity index (χ4n) is 4.15. The number of halogens is 2. The lowest BCUT2D eigenvalue weighted by atomic mass is 10.1. The normalized spacial score (nSPS) is 13.8. The third-order valence-corrected chi connectivity index (χ3v) is 6.38. The van der Waals surface area contributed by atoms with Crippen LogP contribution in [0.15, 0.2) is 48.8 Å². The van der Waals surface area contributed by atoms with E-state index < -0.39 is 23.5 Å². The highest BCUT2D eigenvalue weighted by Gasteiger charge is 2.26. The van der Waals surface area contributed by atoms with Crippen LogP contribution in [0.5, 0.6) is 0 Å². The van der Waals surface area contributed by atoms with Crippen molar-refractivity contribution < 1.29 is 18.8 Å². The Bertz CT molecular complexity index is 1270. The number of likely N-dealkylation sites (tertiary alicyclic amines) is 1. The molecule has 0 atom stereocenters. The Hall–Kier alpha value is -3.76. The molecule has 11 heteroatoms. The van der Waals surface area contributed by atoms with E-state index in [1.54, 1.807) is 18.2 Å². The molecule has 1 aromatic heterocycles. The van der Waals surface area contributed by atoms with Crippen molar-refractivity contribution in [2.24, 2.45) is 5.73 Å². The maximum atomic E-state index is 15.1. The van der Waals surface area contributed by atoms with Crippen molar-refractivity contribution in [2.75, 3.05) is 36.4 Å². The first-order valence-electron chi connectivity index (χ1n) is 11.6. The number of rotatable bonds is 8. The second-order valence-corrected chi connectivity index (χ2v) is 8.85. The highest BCUT2D eigenvalue weighted by molar-refractivity contribution is 6.34. The molecule has 1 fully saturated rings. The van der Waals surface area contributed by atoms with E-state index >= 15 is 4.39 Å². The van der Waals surface area contributed by atoms with E-state index in [1.165, 1.54) is 35.8 Å². The molecule has 36 heavy (non-hydrogen) atoms. The molecule has 9 nitrogen and oxygen atoms in total. The summed E-state index contributed by atoms with van der Waals surface area (Å²) in [7, 11) is 0. The molecule has 1 aliphatic heterocycles. The molecular formula is C25H26ClFN6O3. The lowest BCUT2D eigenvalue weighted by Gasteiger charge is -2.30. The Balaban J connectivity index is 1.59. The standard InChI is InChI=1S/C25H26ClFN6O3/c26-18-7-3-2-6-17(18)24(35)31-20-9-8-16(14-19(20)27)33(13-12-32-10-4-1-5-11-32)25(36)22-21(23(28)34)29-15-30-22/h2-3,6-9,14-15H,1,4-5,10-13H2,(H2,28,34)(H,29,30)(H,31,35). The summed E-state index contributed by atoms with van der Waals surface area (Å²) in [6, 6.07) is 10.5. The average Bonchev–Trinajstić information content (AvgIpc) is 3.37. The molecule has 0 spiro atoms. The number of benzene rings is 2. The summed E-state index contributed by atoms with van der Waals surface area (Å²) in [5.41, 5.74) is 5.51. The number of hydrogen-bond acceptors (Lipinski definition) is 5. The largest absolute Gasteiger partial charge is 0.364 e. The number of nitrogens with one attached hydrogen (secondary N) is 2. The van der Waals surface area contributed by atoms with Crippen LogP contribution in [0.2, 0.25) is 5.02 Å². The number of hydrogen-bond donors (Lipinski definition) is 3. The number of nitrogens with zero attached hydrogens (tertiary/aromatic N) is 3. The average molecular weight is 513 g/mol. The number of H-pyrrole nitrogens is 1. The fraction of sp³-hybridized carbons (Fsp3) is 0.280. The molecule has 2 heterocycles. The molecule has 3 amide bonds. The lowest BCUT2D eigenvalue weighted by Crippen LogP contribution is -2.41. The fourth-order valence-corrected chi connectivity index (χ4v) is 4.37. The third kappa shape index (κ3) is 5.72. The number of primary amides is 1. The maximum absolute atomic E-state index is 15.1. The number of carbonyl (C=O) groups excluding carboxylic acids is 3. The van der Waals surface area contributed by atoms with Gasteiger partial charge < -0.3 is 25.8 Å². The van der Waals surface area contributed by atoms with Gasteiger partial charge in [-0.2, -0.15) is 0 Å². The van der Waals surface area contributed by atoms with Gasteiger partial charge in [-0.25, -0.2) is 9.37 Å². The molecule has 2 aromatic carbocycles. The molecule has 4 N–H and O–H groups in total. The minimum absolute atomic E-state index is 0.0651. The van der Waals surface area contributed by atoms with Crippen LogP contribution in [0, 0.1) is 5.82 Å². The van der Waals surface area contributed by atoms with Gasteiger partial charge in [-0.15, -0.1) is 0 Å². The molecule has 0 saturated carbocycles. The van der Waals surface area contributed by atoms with Gasteiger partial charge in [0.25, 0.3) is 17.7 Å². The zero-order valence-electron chi connectivity index (χ0n) is 19.5. The van der Waals surface area contributed by atoms with Gasteiger partial charge in [0.05, 0.1) is 22.6 Å². The van der Waals surface area contributed by atoms with Crippen LogP contribution in [0.25, 0.3) is 0 Å². The van der Waals surface area contributed by atoms with Crippen LogP contribution in [0.4, 0.5) is 15.8 Å². The van der Waals surface area contributed by atoms with E-state index in [-0.39, 0.29) is 39.9 Å². The van der Waals surface area contributed by atoms with Crippen LogP contribution in [0.3, 0.4) is 0 Å². The van der Waals surface area contributed by atoms with Crippen molar-refractivity contribution in [1.29, 1.82) is 0 Å². The Morgan fingerprint density at radius 2 is 1.89 bits per heavy atom. The number of imidazole rings is 1. The van der Waals surface area contributed by atoms with E-state index in [9.17, 15) is 14.4 Å². The first-order chi connectivity index (χ1) is 17.3. The summed E-state index contributed by atoms with van der Waals surface area (Å²) in [5, 5.41) is 2.75. The van der Waals surface area contributed by atoms with Crippen LogP contribution < -0.4 is 16.0 Å². The van der Waals surface area contributed by atoms with Gasteiger partial charge in [0, 0.05) is 18.8 Å². The number of aromatic nitrogens is 2. The van der Waals surface area contributed by atoms with Gasteiger partial charge >= 0.3 is 0 Å². The number of amides is 3. The van der Waals surface area contributed by atoms with E-state index in [0.717, 1.165) is 32.0 Å². The quantitative estimate of drug-likeness (QED) is 0.424. The van der Waals surface area contributed by atoms with Crippen molar-refractivity contribution >= 4 is 40.7 Å². The topological polar surface area (TPSA) is 124 Å². The number of piperidine rings is 1. The first kappa shape index (κ1) is 25.3. The van der Waals surface area contributed by atoms with Crippen LogP contribution in [0.1, 0.15) is 50.6 Å². The van der Waals surface area contributed by atoms with E-state index in [1.807, 2.05) is 0 Å². The maximum Gasteiger partial charge on any atom is 0.279 e. The highest BCUT2D eigenvalue weighted by Crippen LogP contribution is 2.25. The zero-order chi connectivity index (χ0) is 25.7. The molecule has 0 aliphatic carbocycles. The van der Waals surface area contributed by atoms with Crippen molar-refractivity contribution in [3.05, 3.63) is 76.6 Å². The van der Waals surface area contributed by atoms with Crippen molar-refractivity contribution in [3.63, 3.8) is 0 Å². The number of nitrogens with two attached hydrogens (primary N) is 1. The molecule has 0 bridgehead atoms. The van der Waals surface area contributed by atoms with Gasteiger partial charge in [0.15, 0.2) is 5.69 Å². The third-order valence-electron chi connectivity index (χ3n) is 6.05. The van der Waals surface area contributed by atoms with Crippen LogP contribution >= 0.6 is 11.6 Å². The van der Waals surface area contributed by atoms with Gasteiger partial charge in [-0.05, 0) is 56.3 Å². The van der Waals surface area contributed by atoms with E-state index in [2.05, 4.69) is 20.2 Å². The monoisotopic (exact) mass is 512 g/mol.